The molecule has 2 nitrogen and oxygen atoms in total. The lowest BCUT2D eigenvalue weighted by Crippen LogP contribution is -2.48. The molecule has 1 aliphatic heterocycles. The van der Waals surface area contributed by atoms with Gasteiger partial charge in [-0.3, -0.25) is 0 Å². The molecule has 0 amide bonds. The zero-order valence-corrected chi connectivity index (χ0v) is 13.7. The number of thioether (sulfide) groups is 1. The predicted octanol–water partition coefficient (Wildman–Crippen LogP) is 3.85. The van der Waals surface area contributed by atoms with Crippen molar-refractivity contribution in [1.82, 2.24) is 5.32 Å². The molecule has 2 aliphatic rings. The van der Waals surface area contributed by atoms with Gasteiger partial charge in [-0.25, -0.2) is 0 Å². The first kappa shape index (κ1) is 15.7. The molecule has 0 aromatic heterocycles. The summed E-state index contributed by atoms with van der Waals surface area (Å²) < 4.78 is 6.22. The lowest BCUT2D eigenvalue weighted by Gasteiger charge is -2.45. The highest BCUT2D eigenvalue weighted by atomic mass is 32.2. The Bertz CT molecular complexity index is 258. The molecule has 112 valence electrons. The number of rotatable bonds is 5. The van der Waals surface area contributed by atoms with E-state index in [4.69, 9.17) is 4.74 Å². The lowest BCUT2D eigenvalue weighted by molar-refractivity contribution is -0.120. The summed E-state index contributed by atoms with van der Waals surface area (Å²) in [6.45, 7) is 5.57. The molecular formula is C16H31NOS. The highest BCUT2D eigenvalue weighted by Crippen LogP contribution is 2.41. The van der Waals surface area contributed by atoms with E-state index in [0.717, 1.165) is 17.8 Å². The summed E-state index contributed by atoms with van der Waals surface area (Å²) in [5.41, 5.74) is 0.249. The quantitative estimate of drug-likeness (QED) is 0.829. The average molecular weight is 285 g/mol. The van der Waals surface area contributed by atoms with E-state index in [9.17, 15) is 0 Å². The summed E-state index contributed by atoms with van der Waals surface area (Å²) in [6.07, 6.45) is 9.29. The molecule has 1 saturated carbocycles. The van der Waals surface area contributed by atoms with Gasteiger partial charge in [0.05, 0.1) is 5.60 Å². The van der Waals surface area contributed by atoms with Gasteiger partial charge in [0.1, 0.15) is 0 Å². The third-order valence-electron chi connectivity index (χ3n) is 4.84. The van der Waals surface area contributed by atoms with Crippen LogP contribution in [-0.4, -0.2) is 36.3 Å². The van der Waals surface area contributed by atoms with Gasteiger partial charge in [-0.1, -0.05) is 33.1 Å². The SMILES string of the molecule is CNC(CSC(C)C)C1CCOC2(CCCCC2)C1. The van der Waals surface area contributed by atoms with Crippen LogP contribution in [0, 0.1) is 5.92 Å². The Kier molecular flexibility index (Phi) is 6.04. The van der Waals surface area contributed by atoms with E-state index < -0.39 is 0 Å². The molecule has 0 aromatic carbocycles. The summed E-state index contributed by atoms with van der Waals surface area (Å²) in [7, 11) is 2.13. The monoisotopic (exact) mass is 285 g/mol. The number of nitrogens with one attached hydrogen (secondary N) is 1. The van der Waals surface area contributed by atoms with Gasteiger partial charge in [-0.15, -0.1) is 0 Å². The molecule has 0 radical (unpaired) electrons. The van der Waals surface area contributed by atoms with Crippen molar-refractivity contribution in [1.29, 1.82) is 0 Å². The molecule has 2 atom stereocenters. The van der Waals surface area contributed by atoms with Gasteiger partial charge < -0.3 is 10.1 Å². The molecule has 1 aliphatic carbocycles. The molecule has 2 fully saturated rings. The largest absolute Gasteiger partial charge is 0.375 e. The molecule has 0 aromatic rings. The normalized spacial score (nSPS) is 28.7. The van der Waals surface area contributed by atoms with Crippen molar-refractivity contribution >= 4 is 11.8 Å². The Morgan fingerprint density at radius 2 is 2.00 bits per heavy atom. The van der Waals surface area contributed by atoms with Crippen molar-refractivity contribution < 1.29 is 4.74 Å². The summed E-state index contributed by atoms with van der Waals surface area (Å²) in [5.74, 6) is 2.05. The van der Waals surface area contributed by atoms with E-state index in [2.05, 4.69) is 38.0 Å². The fourth-order valence-corrected chi connectivity index (χ4v) is 4.74. The Balaban J connectivity index is 1.90. The fraction of sp³-hybridized carbons (Fsp3) is 1.00. The zero-order chi connectivity index (χ0) is 13.7. The van der Waals surface area contributed by atoms with Crippen LogP contribution in [0.5, 0.6) is 0 Å². The van der Waals surface area contributed by atoms with Crippen molar-refractivity contribution in [2.45, 2.75) is 75.7 Å². The van der Waals surface area contributed by atoms with Gasteiger partial charge in [-0.05, 0) is 43.9 Å². The van der Waals surface area contributed by atoms with Crippen molar-refractivity contribution in [3.05, 3.63) is 0 Å². The minimum absolute atomic E-state index is 0.249. The molecular weight excluding hydrogens is 254 g/mol. The molecule has 1 saturated heterocycles. The molecule has 2 rings (SSSR count). The lowest BCUT2D eigenvalue weighted by atomic mass is 9.74. The summed E-state index contributed by atoms with van der Waals surface area (Å²) in [6, 6.07) is 0.662. The van der Waals surface area contributed by atoms with Gasteiger partial charge in [-0.2, -0.15) is 11.8 Å². The van der Waals surface area contributed by atoms with Crippen LogP contribution in [0.2, 0.25) is 0 Å². The van der Waals surface area contributed by atoms with E-state index in [1.807, 2.05) is 0 Å². The van der Waals surface area contributed by atoms with Crippen molar-refractivity contribution in [3.63, 3.8) is 0 Å². The van der Waals surface area contributed by atoms with E-state index in [1.165, 1.54) is 50.7 Å². The van der Waals surface area contributed by atoms with Crippen molar-refractivity contribution in [2.75, 3.05) is 19.4 Å². The van der Waals surface area contributed by atoms with Crippen LogP contribution in [0.25, 0.3) is 0 Å². The second-order valence-electron chi connectivity index (χ2n) is 6.62. The minimum Gasteiger partial charge on any atom is -0.375 e. The first-order valence-electron chi connectivity index (χ1n) is 8.08. The Labute approximate surface area is 123 Å². The Morgan fingerprint density at radius 1 is 1.26 bits per heavy atom. The van der Waals surface area contributed by atoms with Crippen LogP contribution in [0.15, 0.2) is 0 Å². The van der Waals surface area contributed by atoms with Gasteiger partial charge in [0.2, 0.25) is 0 Å². The van der Waals surface area contributed by atoms with Crippen LogP contribution < -0.4 is 5.32 Å². The van der Waals surface area contributed by atoms with E-state index in [-0.39, 0.29) is 5.60 Å². The van der Waals surface area contributed by atoms with Gasteiger partial charge in [0.15, 0.2) is 0 Å². The van der Waals surface area contributed by atoms with Crippen molar-refractivity contribution in [2.24, 2.45) is 5.92 Å². The van der Waals surface area contributed by atoms with E-state index >= 15 is 0 Å². The van der Waals surface area contributed by atoms with Crippen LogP contribution in [0.3, 0.4) is 0 Å². The highest BCUT2D eigenvalue weighted by Gasteiger charge is 2.40. The molecule has 1 heterocycles. The molecule has 1 spiro atoms. The molecule has 2 unspecified atom stereocenters. The topological polar surface area (TPSA) is 21.3 Å². The van der Waals surface area contributed by atoms with Crippen LogP contribution in [0.1, 0.15) is 58.8 Å². The maximum atomic E-state index is 6.22. The third kappa shape index (κ3) is 4.37. The van der Waals surface area contributed by atoms with E-state index in [1.54, 1.807) is 0 Å². The van der Waals surface area contributed by atoms with Crippen LogP contribution in [-0.2, 0) is 4.74 Å². The smallest absolute Gasteiger partial charge is 0.0685 e. The minimum atomic E-state index is 0.249. The average Bonchev–Trinajstić information content (AvgIpc) is 2.40. The third-order valence-corrected chi connectivity index (χ3v) is 6.06. The zero-order valence-electron chi connectivity index (χ0n) is 12.9. The molecule has 1 N–H and O–H groups in total. The molecule has 0 bridgehead atoms. The summed E-state index contributed by atoms with van der Waals surface area (Å²) >= 11 is 2.09. The standard InChI is InChI=1S/C16H31NOS/c1-13(2)19-12-15(17-3)14-7-10-18-16(11-14)8-5-4-6-9-16/h13-15,17H,4-12H2,1-3H3. The molecule has 19 heavy (non-hydrogen) atoms. The predicted molar refractivity (Wildman–Crippen MR) is 84.9 cm³/mol. The second-order valence-corrected chi connectivity index (χ2v) is 8.23. The number of hydrogen-bond acceptors (Lipinski definition) is 3. The second kappa shape index (κ2) is 7.33. The number of hydrogen-bond donors (Lipinski definition) is 1. The van der Waals surface area contributed by atoms with Crippen molar-refractivity contribution in [3.8, 4) is 0 Å². The Morgan fingerprint density at radius 3 is 2.63 bits per heavy atom. The molecule has 3 heteroatoms. The Hall–Kier alpha value is 0.270. The van der Waals surface area contributed by atoms with Gasteiger partial charge in [0, 0.05) is 18.4 Å². The maximum Gasteiger partial charge on any atom is 0.0685 e. The summed E-state index contributed by atoms with van der Waals surface area (Å²) in [4.78, 5) is 0. The van der Waals surface area contributed by atoms with Crippen LogP contribution >= 0.6 is 11.8 Å². The summed E-state index contributed by atoms with van der Waals surface area (Å²) in [5, 5.41) is 4.31. The first-order chi connectivity index (χ1) is 9.15. The van der Waals surface area contributed by atoms with E-state index in [0.29, 0.717) is 6.04 Å². The highest BCUT2D eigenvalue weighted by molar-refractivity contribution is 7.99. The maximum absolute atomic E-state index is 6.22. The number of ether oxygens (including phenoxy) is 1. The fourth-order valence-electron chi connectivity index (χ4n) is 3.70. The van der Waals surface area contributed by atoms with Gasteiger partial charge >= 0.3 is 0 Å². The van der Waals surface area contributed by atoms with Crippen LogP contribution in [0.4, 0.5) is 0 Å². The van der Waals surface area contributed by atoms with Gasteiger partial charge in [0.25, 0.3) is 0 Å². The first-order valence-corrected chi connectivity index (χ1v) is 9.13.